The van der Waals surface area contributed by atoms with Gasteiger partial charge in [0.25, 0.3) is 0 Å². The molecule has 68 valence electrons. The van der Waals surface area contributed by atoms with E-state index in [1.54, 1.807) is 6.07 Å². The Hall–Kier alpha value is -1.35. The normalized spacial score (nSPS) is 10.0. The fraction of sp³-hybridized carbons (Fsp3) is 0. The molecule has 0 spiro atoms. The molecule has 2 aromatic rings. The summed E-state index contributed by atoms with van der Waals surface area (Å²) in [4.78, 5) is 14.5. The molecule has 1 aromatic heterocycles. The van der Waals surface area contributed by atoms with Crippen molar-refractivity contribution in [3.05, 3.63) is 43.8 Å². The minimum atomic E-state index is -0.117. The first-order valence-electron chi connectivity index (χ1n) is 3.94. The molecule has 1 aromatic carbocycles. The van der Waals surface area contributed by atoms with Gasteiger partial charge in [0.2, 0.25) is 0 Å². The number of nitrogens with one attached hydrogen (secondary N) is 1. The summed E-state index contributed by atoms with van der Waals surface area (Å²) in [6, 6.07) is 8.71. The van der Waals surface area contributed by atoms with Crippen molar-refractivity contribution in [2.75, 3.05) is 0 Å². The van der Waals surface area contributed by atoms with Gasteiger partial charge in [0.05, 0.1) is 5.52 Å². The monoisotopic (exact) mass is 296 g/mol. The summed E-state index contributed by atoms with van der Waals surface area (Å²) >= 11 is 2.13. The number of benzene rings is 1. The van der Waals surface area contributed by atoms with E-state index in [1.807, 2.05) is 18.2 Å². The van der Waals surface area contributed by atoms with E-state index in [2.05, 4.69) is 27.6 Å². The summed E-state index contributed by atoms with van der Waals surface area (Å²) in [5, 5.41) is 9.31. The summed E-state index contributed by atoms with van der Waals surface area (Å²) in [6.45, 7) is 0. The number of hydrogen-bond donors (Lipinski definition) is 1. The van der Waals surface area contributed by atoms with Gasteiger partial charge in [-0.1, -0.05) is 6.07 Å². The maximum absolute atomic E-state index is 11.5. The summed E-state index contributed by atoms with van der Waals surface area (Å²) in [5.41, 5.74) is 0.914. The highest BCUT2D eigenvalue weighted by atomic mass is 127. The third-order valence-electron chi connectivity index (χ3n) is 1.93. The number of aromatic nitrogens is 1. The zero-order chi connectivity index (χ0) is 10.1. The van der Waals surface area contributed by atoms with E-state index in [1.165, 1.54) is 6.07 Å². The molecule has 1 heterocycles. The summed E-state index contributed by atoms with van der Waals surface area (Å²) < 4.78 is 0.939. The van der Waals surface area contributed by atoms with Crippen molar-refractivity contribution >= 4 is 33.5 Å². The average molecular weight is 296 g/mol. The Kier molecular flexibility index (Phi) is 2.25. The number of rotatable bonds is 0. The minimum absolute atomic E-state index is 0.117. The second kappa shape index (κ2) is 3.42. The van der Waals surface area contributed by atoms with Crippen molar-refractivity contribution in [1.29, 1.82) is 5.26 Å². The van der Waals surface area contributed by atoms with Crippen LogP contribution in [0.1, 0.15) is 5.69 Å². The molecule has 3 nitrogen and oxygen atoms in total. The maximum atomic E-state index is 11.5. The Morgan fingerprint density at radius 1 is 1.43 bits per heavy atom. The van der Waals surface area contributed by atoms with Gasteiger partial charge in [-0.3, -0.25) is 4.79 Å². The molecule has 1 N–H and O–H groups in total. The van der Waals surface area contributed by atoms with Gasteiger partial charge in [0.15, 0.2) is 5.43 Å². The first-order valence-corrected chi connectivity index (χ1v) is 5.02. The summed E-state index contributed by atoms with van der Waals surface area (Å²) in [7, 11) is 0. The fourth-order valence-corrected chi connectivity index (χ4v) is 1.93. The molecule has 0 aliphatic rings. The zero-order valence-corrected chi connectivity index (χ0v) is 9.20. The fourth-order valence-electron chi connectivity index (χ4n) is 1.30. The number of nitrogens with zero attached hydrogens (tertiary/aromatic N) is 1. The van der Waals surface area contributed by atoms with Gasteiger partial charge in [-0.15, -0.1) is 0 Å². The first-order chi connectivity index (χ1) is 6.72. The van der Waals surface area contributed by atoms with E-state index in [0.29, 0.717) is 11.1 Å². The summed E-state index contributed by atoms with van der Waals surface area (Å²) in [5.74, 6) is 0. The quantitative estimate of drug-likeness (QED) is 0.756. The van der Waals surface area contributed by atoms with Crippen LogP contribution in [0.4, 0.5) is 0 Å². The highest BCUT2D eigenvalue weighted by Gasteiger charge is 2.03. The molecule has 14 heavy (non-hydrogen) atoms. The van der Waals surface area contributed by atoms with Gasteiger partial charge in [-0.2, -0.15) is 5.26 Å². The second-order valence-corrected chi connectivity index (χ2v) is 3.98. The van der Waals surface area contributed by atoms with Crippen molar-refractivity contribution in [3.63, 3.8) is 0 Å². The van der Waals surface area contributed by atoms with Crippen molar-refractivity contribution in [3.8, 4) is 6.07 Å². The van der Waals surface area contributed by atoms with Crippen LogP contribution in [-0.2, 0) is 0 Å². The maximum Gasteiger partial charge on any atom is 0.190 e. The Morgan fingerprint density at radius 2 is 2.21 bits per heavy atom. The average Bonchev–Trinajstić information content (AvgIpc) is 2.19. The number of aromatic amines is 1. The molecule has 0 bridgehead atoms. The number of hydrogen-bond acceptors (Lipinski definition) is 2. The minimum Gasteiger partial charge on any atom is -0.345 e. The van der Waals surface area contributed by atoms with E-state index in [4.69, 9.17) is 5.26 Å². The van der Waals surface area contributed by atoms with Crippen LogP contribution in [0.25, 0.3) is 10.9 Å². The third kappa shape index (κ3) is 1.40. The van der Waals surface area contributed by atoms with E-state index < -0.39 is 0 Å². The van der Waals surface area contributed by atoms with Crippen LogP contribution >= 0.6 is 22.6 Å². The Bertz CT molecular complexity index is 595. The highest BCUT2D eigenvalue weighted by Crippen LogP contribution is 2.15. The molecule has 0 atom stereocenters. The molecule has 0 fully saturated rings. The smallest absolute Gasteiger partial charge is 0.190 e. The van der Waals surface area contributed by atoms with Gasteiger partial charge < -0.3 is 4.98 Å². The van der Waals surface area contributed by atoms with Gasteiger partial charge in [0.1, 0.15) is 11.8 Å². The Labute approximate surface area is 93.5 Å². The predicted molar refractivity (Wildman–Crippen MR) is 62.0 cm³/mol. The van der Waals surface area contributed by atoms with Crippen LogP contribution < -0.4 is 5.43 Å². The van der Waals surface area contributed by atoms with Crippen LogP contribution in [0.5, 0.6) is 0 Å². The van der Waals surface area contributed by atoms with E-state index in [9.17, 15) is 4.79 Å². The molecule has 2 rings (SSSR count). The van der Waals surface area contributed by atoms with Crippen molar-refractivity contribution < 1.29 is 0 Å². The molecule has 0 unspecified atom stereocenters. The number of nitriles is 1. The lowest BCUT2D eigenvalue weighted by atomic mass is 10.2. The highest BCUT2D eigenvalue weighted by molar-refractivity contribution is 14.1. The standard InChI is InChI=1S/C10H5IN2O/c11-8-3-1-2-7-9(14)4-6(5-12)13-10(7)8/h1-4H,(H,13,14). The van der Waals surface area contributed by atoms with Crippen molar-refractivity contribution in [2.45, 2.75) is 0 Å². The molecule has 4 heteroatoms. The Morgan fingerprint density at radius 3 is 2.93 bits per heavy atom. The largest absolute Gasteiger partial charge is 0.345 e. The van der Waals surface area contributed by atoms with E-state index in [-0.39, 0.29) is 5.43 Å². The number of H-pyrrole nitrogens is 1. The van der Waals surface area contributed by atoms with Crippen LogP contribution in [0, 0.1) is 14.9 Å². The summed E-state index contributed by atoms with van der Waals surface area (Å²) in [6.07, 6.45) is 0. The molecular formula is C10H5IN2O. The number of pyridine rings is 1. The molecule has 0 saturated carbocycles. The van der Waals surface area contributed by atoms with Gasteiger partial charge in [-0.25, -0.2) is 0 Å². The molecule has 0 aliphatic heterocycles. The van der Waals surface area contributed by atoms with Crippen LogP contribution in [0.3, 0.4) is 0 Å². The van der Waals surface area contributed by atoms with Crippen LogP contribution in [-0.4, -0.2) is 4.98 Å². The van der Waals surface area contributed by atoms with Crippen molar-refractivity contribution in [2.24, 2.45) is 0 Å². The molecule has 0 amide bonds. The van der Waals surface area contributed by atoms with Crippen LogP contribution in [0.2, 0.25) is 0 Å². The van der Waals surface area contributed by atoms with Gasteiger partial charge in [-0.05, 0) is 34.7 Å². The third-order valence-corrected chi connectivity index (χ3v) is 2.83. The number of halogens is 1. The lowest BCUT2D eigenvalue weighted by Crippen LogP contribution is -2.03. The first kappa shape index (κ1) is 9.21. The lowest BCUT2D eigenvalue weighted by Gasteiger charge is -1.99. The van der Waals surface area contributed by atoms with E-state index in [0.717, 1.165) is 9.09 Å². The molecule has 0 aliphatic carbocycles. The van der Waals surface area contributed by atoms with Crippen LogP contribution in [0.15, 0.2) is 29.1 Å². The lowest BCUT2D eigenvalue weighted by molar-refractivity contribution is 1.30. The zero-order valence-electron chi connectivity index (χ0n) is 7.04. The van der Waals surface area contributed by atoms with E-state index >= 15 is 0 Å². The Balaban J connectivity index is 3.00. The second-order valence-electron chi connectivity index (χ2n) is 2.82. The molecular weight excluding hydrogens is 291 g/mol. The number of para-hydroxylation sites is 1. The topological polar surface area (TPSA) is 56.6 Å². The van der Waals surface area contributed by atoms with Crippen molar-refractivity contribution in [1.82, 2.24) is 4.98 Å². The SMILES string of the molecule is N#Cc1cc(=O)c2cccc(I)c2[nH]1. The predicted octanol–water partition coefficient (Wildman–Crippen LogP) is 2.00. The molecule has 0 radical (unpaired) electrons. The van der Waals surface area contributed by atoms with Gasteiger partial charge >= 0.3 is 0 Å². The molecule has 0 saturated heterocycles. The van der Waals surface area contributed by atoms with Gasteiger partial charge in [0, 0.05) is 15.0 Å². The number of fused-ring (bicyclic) bond motifs is 1.